The monoisotopic (exact) mass is 966 g/mol. The number of nitrogens with zero attached hydrogens (tertiary/aromatic N) is 10. The first-order chi connectivity index (χ1) is 32.6. The number of aromatic nitrogens is 10. The molecule has 0 aliphatic rings. The highest BCUT2D eigenvalue weighted by Crippen LogP contribution is 2.37. The lowest BCUT2D eigenvalue weighted by atomic mass is 10.1. The van der Waals surface area contributed by atoms with E-state index in [1.165, 1.54) is 22.7 Å². The molecule has 0 bridgehead atoms. The van der Waals surface area contributed by atoms with Gasteiger partial charge in [-0.1, -0.05) is 70.1 Å². The van der Waals surface area contributed by atoms with Gasteiger partial charge >= 0.3 is 0 Å². The van der Waals surface area contributed by atoms with Gasteiger partial charge in [-0.2, -0.15) is 5.10 Å². The van der Waals surface area contributed by atoms with Crippen molar-refractivity contribution in [2.24, 2.45) is 0 Å². The molecule has 16 nitrogen and oxygen atoms in total. The van der Waals surface area contributed by atoms with Crippen molar-refractivity contribution in [1.82, 2.24) is 48.4 Å². The zero-order valence-electron chi connectivity index (χ0n) is 35.9. The number of halogens is 2. The molecule has 0 radical (unpaired) electrons. The Labute approximate surface area is 401 Å². The molecule has 10 rings (SSSR count). The minimum absolute atomic E-state index is 0.287. The molecule has 10 aromatic rings. The Morgan fingerprint density at radius 1 is 0.687 bits per heavy atom. The van der Waals surface area contributed by atoms with Crippen LogP contribution in [0.4, 0.5) is 33.0 Å². The van der Waals surface area contributed by atoms with Crippen molar-refractivity contribution in [1.29, 1.82) is 0 Å². The fraction of sp³-hybridized carbons (Fsp3) is 0.149. The normalized spacial score (nSPS) is 11.4. The second-order valence-electron chi connectivity index (χ2n) is 15.6. The highest BCUT2D eigenvalue weighted by molar-refractivity contribution is 7.18. The maximum atomic E-state index is 13.7. The standard InChI is InChI=1S/C47H40Cl2N14O2S2/c1-28-6-3-7-33(48)40(28)58-44(64)37-24-52-46(66-37)56-31-12-11-30-23-55-63(36(30)22-31)21-20-61-19-15-51-43(61)32-13-10-29(2)41(39(32)49)59-45(65)38-25-53-47(67-38)57-34-8-4-9-35-42(34)54-27-62(35)17-5-16-60-18-14-50-26-60/h3-4,6-15,18-19,22-27H,5,16-17,20-21H2,1-2H3,(H,52,56)(H,53,57)(H,58,64)(H,59,65). The Hall–Kier alpha value is -7.38. The largest absolute Gasteiger partial charge is 0.337 e. The summed E-state index contributed by atoms with van der Waals surface area (Å²) in [4.78, 5) is 50.1. The zero-order valence-corrected chi connectivity index (χ0v) is 39.1. The van der Waals surface area contributed by atoms with E-state index >= 15 is 0 Å². The van der Waals surface area contributed by atoms with E-state index in [9.17, 15) is 9.59 Å². The quantitative estimate of drug-likeness (QED) is 0.0728. The Balaban J connectivity index is 0.788. The van der Waals surface area contributed by atoms with Crippen molar-refractivity contribution < 1.29 is 9.59 Å². The second-order valence-corrected chi connectivity index (χ2v) is 18.5. The number of carbonyl (C=O) groups excluding carboxylic acids is 2. The summed E-state index contributed by atoms with van der Waals surface area (Å²) in [6.45, 7) is 6.51. The summed E-state index contributed by atoms with van der Waals surface area (Å²) in [6, 6.07) is 21.2. The van der Waals surface area contributed by atoms with Gasteiger partial charge in [0.1, 0.15) is 21.1 Å². The van der Waals surface area contributed by atoms with Crippen molar-refractivity contribution >= 4 is 113 Å². The van der Waals surface area contributed by atoms with Crippen LogP contribution in [0.5, 0.6) is 0 Å². The van der Waals surface area contributed by atoms with E-state index < -0.39 is 0 Å². The predicted molar refractivity (Wildman–Crippen MR) is 267 cm³/mol. The molecule has 0 spiro atoms. The summed E-state index contributed by atoms with van der Waals surface area (Å²) in [5.74, 6) is 0.0245. The third-order valence-corrected chi connectivity index (χ3v) is 13.7. The van der Waals surface area contributed by atoms with Crippen molar-refractivity contribution in [2.75, 3.05) is 21.3 Å². The van der Waals surface area contributed by atoms with Gasteiger partial charge in [-0.15, -0.1) is 0 Å². The van der Waals surface area contributed by atoms with Gasteiger partial charge in [0, 0.05) is 61.1 Å². The molecule has 0 aliphatic carbocycles. The number of amides is 2. The van der Waals surface area contributed by atoms with E-state index in [4.69, 9.17) is 23.2 Å². The topological polar surface area (TPSA) is 179 Å². The third kappa shape index (κ3) is 9.24. The molecule has 0 fully saturated rings. The molecular formula is C47H40Cl2N14O2S2. The lowest BCUT2D eigenvalue weighted by Gasteiger charge is -2.15. The molecular weight excluding hydrogens is 928 g/mol. The number of fused-ring (bicyclic) bond motifs is 2. The van der Waals surface area contributed by atoms with Crippen LogP contribution in [-0.4, -0.2) is 60.2 Å². The molecule has 0 aliphatic heterocycles. The molecule has 0 atom stereocenters. The van der Waals surface area contributed by atoms with E-state index in [-0.39, 0.29) is 11.8 Å². The first-order valence-electron chi connectivity index (χ1n) is 21.1. The van der Waals surface area contributed by atoms with E-state index in [1.54, 1.807) is 30.9 Å². The summed E-state index contributed by atoms with van der Waals surface area (Å²) in [5, 5.41) is 20.3. The summed E-state index contributed by atoms with van der Waals surface area (Å²) in [5.41, 5.74) is 7.74. The Kier molecular flexibility index (Phi) is 12.2. The summed E-state index contributed by atoms with van der Waals surface area (Å²) in [7, 11) is 0. The number of hydrogen-bond donors (Lipinski definition) is 4. The van der Waals surface area contributed by atoms with E-state index in [1.807, 2.05) is 115 Å². The van der Waals surface area contributed by atoms with Crippen molar-refractivity contribution in [3.63, 3.8) is 0 Å². The smallest absolute Gasteiger partial charge is 0.267 e. The average molecular weight is 968 g/mol. The summed E-state index contributed by atoms with van der Waals surface area (Å²) in [6.07, 6.45) is 16.9. The number of anilines is 6. The first kappa shape index (κ1) is 43.5. The van der Waals surface area contributed by atoms with Crippen LogP contribution in [0.25, 0.3) is 33.3 Å². The van der Waals surface area contributed by atoms with Gasteiger partial charge in [0.15, 0.2) is 10.3 Å². The number of thiazole rings is 2. The molecule has 67 heavy (non-hydrogen) atoms. The number of hydrogen-bond acceptors (Lipinski definition) is 12. The van der Waals surface area contributed by atoms with Crippen LogP contribution < -0.4 is 21.3 Å². The number of nitrogens with one attached hydrogen (secondary N) is 4. The Bertz CT molecular complexity index is 3400. The Morgan fingerprint density at radius 3 is 2.25 bits per heavy atom. The van der Waals surface area contributed by atoms with Crippen molar-refractivity contribution in [3.8, 4) is 11.4 Å². The molecule has 2 amide bonds. The van der Waals surface area contributed by atoms with Gasteiger partial charge in [0.05, 0.1) is 75.9 Å². The minimum atomic E-state index is -0.333. The average Bonchev–Trinajstić information content (AvgIpc) is 4.19. The lowest BCUT2D eigenvalue weighted by Crippen LogP contribution is -2.13. The first-order valence-corrected chi connectivity index (χ1v) is 23.5. The fourth-order valence-electron chi connectivity index (χ4n) is 7.72. The van der Waals surface area contributed by atoms with Crippen LogP contribution in [0.15, 0.2) is 123 Å². The number of aryl methyl sites for hydroxylation is 6. The molecule has 336 valence electrons. The van der Waals surface area contributed by atoms with Crippen LogP contribution in [0.3, 0.4) is 0 Å². The third-order valence-electron chi connectivity index (χ3n) is 11.2. The number of benzene rings is 4. The van der Waals surface area contributed by atoms with Crippen LogP contribution in [-0.2, 0) is 26.2 Å². The fourth-order valence-corrected chi connectivity index (χ4v) is 9.79. The molecule has 0 saturated heterocycles. The van der Waals surface area contributed by atoms with Crippen LogP contribution in [0.1, 0.15) is 36.9 Å². The van der Waals surface area contributed by atoms with Gasteiger partial charge in [-0.3, -0.25) is 14.3 Å². The molecule has 6 heterocycles. The van der Waals surface area contributed by atoms with Gasteiger partial charge in [-0.05, 0) is 73.9 Å². The number of carbonyl (C=O) groups is 2. The molecule has 6 aromatic heterocycles. The van der Waals surface area contributed by atoms with E-state index in [0.29, 0.717) is 65.9 Å². The van der Waals surface area contributed by atoms with E-state index in [0.717, 1.165) is 63.9 Å². The number of imidazole rings is 3. The highest BCUT2D eigenvalue weighted by atomic mass is 35.5. The Morgan fingerprint density at radius 2 is 1.46 bits per heavy atom. The zero-order chi connectivity index (χ0) is 46.0. The number of rotatable bonds is 16. The van der Waals surface area contributed by atoms with Crippen LogP contribution in [0.2, 0.25) is 10.0 Å². The molecule has 4 N–H and O–H groups in total. The molecule has 0 saturated carbocycles. The molecule has 0 unspecified atom stereocenters. The van der Waals surface area contributed by atoms with Gasteiger partial charge in [0.2, 0.25) is 0 Å². The molecule has 4 aromatic carbocycles. The van der Waals surface area contributed by atoms with Gasteiger partial charge < -0.3 is 35.0 Å². The van der Waals surface area contributed by atoms with Crippen molar-refractivity contribution in [2.45, 2.75) is 46.4 Å². The van der Waals surface area contributed by atoms with Crippen LogP contribution in [0, 0.1) is 13.8 Å². The highest BCUT2D eigenvalue weighted by Gasteiger charge is 2.20. The van der Waals surface area contributed by atoms with Crippen LogP contribution >= 0.6 is 45.9 Å². The van der Waals surface area contributed by atoms with Crippen molar-refractivity contribution in [3.05, 3.63) is 154 Å². The summed E-state index contributed by atoms with van der Waals surface area (Å²) < 4.78 is 8.13. The number of para-hydroxylation sites is 2. The second kappa shape index (κ2) is 18.8. The van der Waals surface area contributed by atoms with E-state index in [2.05, 4.69) is 60.4 Å². The molecule has 20 heteroatoms. The predicted octanol–water partition coefficient (Wildman–Crippen LogP) is 11.1. The van der Waals surface area contributed by atoms with Gasteiger partial charge in [-0.25, -0.2) is 24.9 Å². The SMILES string of the molecule is Cc1cccc(Cl)c1NC(=O)c1cnc(Nc2ccc3cnn(CCn4ccnc4-c4ccc(C)c(NC(=O)c5cnc(Nc6cccc7c6ncn7CCCn6ccnc6)s5)c4Cl)c3c2)s1. The maximum Gasteiger partial charge on any atom is 0.267 e. The van der Waals surface area contributed by atoms with Gasteiger partial charge in [0.25, 0.3) is 11.8 Å². The lowest BCUT2D eigenvalue weighted by molar-refractivity contribution is 0.102. The maximum absolute atomic E-state index is 13.7. The minimum Gasteiger partial charge on any atom is -0.337 e. The summed E-state index contributed by atoms with van der Waals surface area (Å²) >= 11 is 15.9.